The van der Waals surface area contributed by atoms with Crippen LogP contribution in [0.5, 0.6) is 0 Å². The molecule has 0 aliphatic rings. The van der Waals surface area contributed by atoms with Crippen molar-refractivity contribution in [2.45, 2.75) is 39.7 Å². The van der Waals surface area contributed by atoms with Crippen molar-refractivity contribution in [3.63, 3.8) is 0 Å². The number of aromatic nitrogens is 1. The van der Waals surface area contributed by atoms with Gasteiger partial charge in [-0.3, -0.25) is 0 Å². The summed E-state index contributed by atoms with van der Waals surface area (Å²) in [5.41, 5.74) is 1.09. The quantitative estimate of drug-likeness (QED) is 0.762. The Hall–Kier alpha value is -0.450. The molecule has 1 atom stereocenters. The zero-order chi connectivity index (χ0) is 12.9. The predicted octanol–water partition coefficient (Wildman–Crippen LogP) is 2.95. The van der Waals surface area contributed by atoms with Crippen molar-refractivity contribution in [1.82, 2.24) is 10.3 Å². The monoisotopic (exact) mass is 256 g/mol. The van der Waals surface area contributed by atoms with Gasteiger partial charge in [-0.25, -0.2) is 4.98 Å². The highest BCUT2D eigenvalue weighted by Crippen LogP contribution is 2.34. The summed E-state index contributed by atoms with van der Waals surface area (Å²) in [6, 6.07) is 0. The van der Waals surface area contributed by atoms with Crippen molar-refractivity contribution in [2.75, 3.05) is 20.3 Å². The molecule has 17 heavy (non-hydrogen) atoms. The number of nitrogens with zero attached hydrogens (tertiary/aromatic N) is 1. The summed E-state index contributed by atoms with van der Waals surface area (Å²) >= 11 is 1.75. The van der Waals surface area contributed by atoms with Gasteiger partial charge >= 0.3 is 0 Å². The van der Waals surface area contributed by atoms with Crippen LogP contribution in [0.3, 0.4) is 0 Å². The minimum atomic E-state index is -0.0164. The summed E-state index contributed by atoms with van der Waals surface area (Å²) in [6.45, 7) is 10.4. The highest BCUT2D eigenvalue weighted by molar-refractivity contribution is 7.09. The van der Waals surface area contributed by atoms with Crippen LogP contribution in [-0.4, -0.2) is 25.2 Å². The number of nitrogens with one attached hydrogen (secondary N) is 1. The summed E-state index contributed by atoms with van der Waals surface area (Å²) in [7, 11) is 1.73. The van der Waals surface area contributed by atoms with Gasteiger partial charge in [0.1, 0.15) is 5.01 Å². The molecule has 0 amide bonds. The Balaban J connectivity index is 2.92. The van der Waals surface area contributed by atoms with Gasteiger partial charge in [0.2, 0.25) is 0 Å². The number of methoxy groups -OCH3 is 1. The number of aryl methyl sites for hydroxylation is 1. The largest absolute Gasteiger partial charge is 0.383 e. The van der Waals surface area contributed by atoms with E-state index in [0.717, 1.165) is 25.3 Å². The third-order valence-electron chi connectivity index (χ3n) is 3.29. The molecule has 1 rings (SSSR count). The Morgan fingerprint density at radius 2 is 2.24 bits per heavy atom. The van der Waals surface area contributed by atoms with Crippen molar-refractivity contribution in [3.8, 4) is 0 Å². The molecule has 1 N–H and O–H groups in total. The van der Waals surface area contributed by atoms with E-state index in [2.05, 4.69) is 43.4 Å². The lowest BCUT2D eigenvalue weighted by Crippen LogP contribution is -2.47. The van der Waals surface area contributed by atoms with Gasteiger partial charge in [-0.15, -0.1) is 11.3 Å². The van der Waals surface area contributed by atoms with E-state index >= 15 is 0 Å². The van der Waals surface area contributed by atoms with Crippen molar-refractivity contribution in [3.05, 3.63) is 16.1 Å². The fourth-order valence-electron chi connectivity index (χ4n) is 2.15. The minimum absolute atomic E-state index is 0.0164. The molecule has 1 aromatic rings. The molecule has 0 saturated heterocycles. The van der Waals surface area contributed by atoms with Crippen LogP contribution in [0.25, 0.3) is 0 Å². The molecule has 0 radical (unpaired) electrons. The number of hydrogen-bond acceptors (Lipinski definition) is 4. The molecule has 0 aliphatic heterocycles. The average Bonchev–Trinajstić information content (AvgIpc) is 2.71. The first kappa shape index (κ1) is 14.6. The van der Waals surface area contributed by atoms with Crippen LogP contribution in [0.4, 0.5) is 0 Å². The molecule has 4 heteroatoms. The molecule has 0 saturated carbocycles. The highest BCUT2D eigenvalue weighted by Gasteiger charge is 2.35. The maximum absolute atomic E-state index is 5.12. The van der Waals surface area contributed by atoms with Crippen LogP contribution in [0.15, 0.2) is 5.38 Å². The molecular formula is C13H24N2OS. The standard InChI is InChI=1S/C13H24N2OS/c1-6-13(10(2)3,14-7-8-16-5)12-15-11(4)9-17-12/h9-10,14H,6-8H2,1-5H3. The maximum Gasteiger partial charge on any atom is 0.113 e. The van der Waals surface area contributed by atoms with Crippen LogP contribution in [0.2, 0.25) is 0 Å². The topological polar surface area (TPSA) is 34.1 Å². The number of thiazole rings is 1. The molecule has 0 aromatic carbocycles. The lowest BCUT2D eigenvalue weighted by molar-refractivity contribution is 0.163. The van der Waals surface area contributed by atoms with Gasteiger partial charge in [0.05, 0.1) is 12.1 Å². The Morgan fingerprint density at radius 1 is 1.53 bits per heavy atom. The highest BCUT2D eigenvalue weighted by atomic mass is 32.1. The first-order chi connectivity index (χ1) is 8.06. The third-order valence-corrected chi connectivity index (χ3v) is 4.43. The van der Waals surface area contributed by atoms with Crippen LogP contribution in [0.1, 0.15) is 37.9 Å². The Labute approximate surface area is 109 Å². The average molecular weight is 256 g/mol. The van der Waals surface area contributed by atoms with E-state index in [0.29, 0.717) is 5.92 Å². The van der Waals surface area contributed by atoms with E-state index in [1.54, 1.807) is 18.4 Å². The van der Waals surface area contributed by atoms with Crippen LogP contribution < -0.4 is 5.32 Å². The minimum Gasteiger partial charge on any atom is -0.383 e. The van der Waals surface area contributed by atoms with E-state index < -0.39 is 0 Å². The third kappa shape index (κ3) is 3.27. The van der Waals surface area contributed by atoms with Gasteiger partial charge in [0.15, 0.2) is 0 Å². The fraction of sp³-hybridized carbons (Fsp3) is 0.769. The summed E-state index contributed by atoms with van der Waals surface area (Å²) in [4.78, 5) is 4.67. The summed E-state index contributed by atoms with van der Waals surface area (Å²) in [5.74, 6) is 0.509. The number of ether oxygens (including phenoxy) is 1. The Kier molecular flexibility index (Phi) is 5.56. The molecule has 0 bridgehead atoms. The van der Waals surface area contributed by atoms with E-state index in [-0.39, 0.29) is 5.54 Å². The predicted molar refractivity (Wildman–Crippen MR) is 73.5 cm³/mol. The molecule has 0 spiro atoms. The first-order valence-electron chi connectivity index (χ1n) is 6.23. The van der Waals surface area contributed by atoms with E-state index in [4.69, 9.17) is 4.74 Å². The second kappa shape index (κ2) is 6.47. The van der Waals surface area contributed by atoms with Gasteiger partial charge in [-0.1, -0.05) is 20.8 Å². The normalized spacial score (nSPS) is 15.2. The van der Waals surface area contributed by atoms with Crippen molar-refractivity contribution < 1.29 is 4.74 Å². The molecule has 1 aromatic heterocycles. The SMILES string of the molecule is CCC(NCCOC)(c1nc(C)cs1)C(C)C. The lowest BCUT2D eigenvalue weighted by atomic mass is 9.84. The fourth-order valence-corrected chi connectivity index (χ4v) is 3.34. The first-order valence-corrected chi connectivity index (χ1v) is 7.11. The summed E-state index contributed by atoms with van der Waals surface area (Å²) in [6.07, 6.45) is 1.04. The molecule has 0 aliphatic carbocycles. The lowest BCUT2D eigenvalue weighted by Gasteiger charge is -2.36. The Bertz CT molecular complexity index is 338. The second-order valence-electron chi connectivity index (χ2n) is 4.69. The molecule has 98 valence electrons. The maximum atomic E-state index is 5.12. The Morgan fingerprint density at radius 3 is 2.65 bits per heavy atom. The van der Waals surface area contributed by atoms with E-state index in [9.17, 15) is 0 Å². The molecular weight excluding hydrogens is 232 g/mol. The summed E-state index contributed by atoms with van der Waals surface area (Å²) in [5, 5.41) is 6.96. The van der Waals surface area contributed by atoms with Gasteiger partial charge in [0.25, 0.3) is 0 Å². The van der Waals surface area contributed by atoms with E-state index in [1.807, 2.05) is 0 Å². The molecule has 1 unspecified atom stereocenters. The summed E-state index contributed by atoms with van der Waals surface area (Å²) < 4.78 is 5.12. The van der Waals surface area contributed by atoms with Gasteiger partial charge in [-0.05, 0) is 19.3 Å². The molecule has 0 fully saturated rings. The van der Waals surface area contributed by atoms with Gasteiger partial charge < -0.3 is 10.1 Å². The number of rotatable bonds is 7. The molecule has 1 heterocycles. The van der Waals surface area contributed by atoms with Crippen LogP contribution in [0, 0.1) is 12.8 Å². The smallest absolute Gasteiger partial charge is 0.113 e. The molecule has 3 nitrogen and oxygen atoms in total. The van der Waals surface area contributed by atoms with Crippen LogP contribution in [-0.2, 0) is 10.3 Å². The van der Waals surface area contributed by atoms with E-state index in [1.165, 1.54) is 5.01 Å². The second-order valence-corrected chi connectivity index (χ2v) is 5.55. The van der Waals surface area contributed by atoms with Crippen LogP contribution >= 0.6 is 11.3 Å². The zero-order valence-corrected chi connectivity index (χ0v) is 12.4. The number of hydrogen-bond donors (Lipinski definition) is 1. The van der Waals surface area contributed by atoms with Gasteiger partial charge in [-0.2, -0.15) is 0 Å². The van der Waals surface area contributed by atoms with Crippen molar-refractivity contribution in [1.29, 1.82) is 0 Å². The van der Waals surface area contributed by atoms with Crippen molar-refractivity contribution in [2.24, 2.45) is 5.92 Å². The zero-order valence-electron chi connectivity index (χ0n) is 11.5. The van der Waals surface area contributed by atoms with Crippen molar-refractivity contribution >= 4 is 11.3 Å². The van der Waals surface area contributed by atoms with Gasteiger partial charge in [0, 0.05) is 24.7 Å².